The first kappa shape index (κ1) is 32.7. The lowest BCUT2D eigenvalue weighted by atomic mass is 10.0. The van der Waals surface area contributed by atoms with Gasteiger partial charge < -0.3 is 19.5 Å². The molecule has 43 heavy (non-hydrogen) atoms. The molecule has 16 heteroatoms. The molecule has 1 N–H and O–H groups in total. The standard InChI is InChI=1S/C27H25Cl2F2N3O7S2/c1-33(2)24(36)16-4-3-5-17(10-16)43(38,39)34-8-9-42-25(34)26(37)40-23(12-18-19(28)13-32-14-20(18)29)15-6-7-22(21(35)11-15)41-27(30)31/h3-7,10-11,13-14,23,25,27,35H,8-9,12H2,1-2H3. The minimum absolute atomic E-state index is 0.00818. The predicted octanol–water partition coefficient (Wildman–Crippen LogP) is 4.99. The second-order valence-corrected chi connectivity index (χ2v) is 13.3. The van der Waals surface area contributed by atoms with E-state index in [-0.39, 0.29) is 44.8 Å². The van der Waals surface area contributed by atoms with Gasteiger partial charge in [0.25, 0.3) is 5.91 Å². The molecule has 0 aliphatic carbocycles. The summed E-state index contributed by atoms with van der Waals surface area (Å²) in [5, 5.41) is 9.32. The third-order valence-corrected chi connectivity index (χ3v) is 10.1. The van der Waals surface area contributed by atoms with E-state index >= 15 is 0 Å². The number of rotatable bonds is 10. The van der Waals surface area contributed by atoms with Gasteiger partial charge in [-0.2, -0.15) is 13.1 Å². The number of carbonyl (C=O) groups excluding carboxylic acids is 2. The summed E-state index contributed by atoms with van der Waals surface area (Å²) in [4.78, 5) is 31.0. The van der Waals surface area contributed by atoms with Gasteiger partial charge >= 0.3 is 12.6 Å². The van der Waals surface area contributed by atoms with Gasteiger partial charge in [0.05, 0.1) is 14.9 Å². The van der Waals surface area contributed by atoms with Crippen molar-refractivity contribution in [3.63, 3.8) is 0 Å². The Labute approximate surface area is 260 Å². The van der Waals surface area contributed by atoms with Gasteiger partial charge in [0.2, 0.25) is 10.0 Å². The molecule has 230 valence electrons. The van der Waals surface area contributed by atoms with Gasteiger partial charge in [-0.15, -0.1) is 11.8 Å². The van der Waals surface area contributed by atoms with E-state index in [1.807, 2.05) is 0 Å². The number of ether oxygens (including phenoxy) is 2. The maximum absolute atomic E-state index is 13.6. The number of amides is 1. The van der Waals surface area contributed by atoms with Crippen molar-refractivity contribution < 1.29 is 41.4 Å². The number of sulfonamides is 1. The molecule has 2 atom stereocenters. The Morgan fingerprint density at radius 3 is 2.49 bits per heavy atom. The van der Waals surface area contributed by atoms with Gasteiger partial charge in [-0.1, -0.05) is 35.3 Å². The van der Waals surface area contributed by atoms with Crippen LogP contribution in [0.2, 0.25) is 10.0 Å². The summed E-state index contributed by atoms with van der Waals surface area (Å²) in [6, 6.07) is 8.96. The maximum Gasteiger partial charge on any atom is 0.387 e. The SMILES string of the molecule is CN(C)C(=O)c1cccc(S(=O)(=O)N2CCSC2C(=O)OC(Cc2c(Cl)cncc2Cl)c2ccc(OC(F)F)c(O)c2)c1. The van der Waals surface area contributed by atoms with E-state index in [9.17, 15) is 31.9 Å². The first-order valence-corrected chi connectivity index (χ1v) is 15.7. The lowest BCUT2D eigenvalue weighted by molar-refractivity contribution is -0.150. The number of esters is 1. The summed E-state index contributed by atoms with van der Waals surface area (Å²) < 4.78 is 63.8. The lowest BCUT2D eigenvalue weighted by Gasteiger charge is -2.26. The predicted molar refractivity (Wildman–Crippen MR) is 156 cm³/mol. The molecule has 2 heterocycles. The third kappa shape index (κ3) is 7.50. The molecule has 4 rings (SSSR count). The molecule has 3 aromatic rings. The minimum Gasteiger partial charge on any atom is -0.504 e. The van der Waals surface area contributed by atoms with Crippen molar-refractivity contribution in [3.05, 3.63) is 81.6 Å². The summed E-state index contributed by atoms with van der Waals surface area (Å²) in [5.74, 6) is -2.18. The van der Waals surface area contributed by atoms with E-state index in [1.54, 1.807) is 0 Å². The minimum atomic E-state index is -4.25. The number of carbonyl (C=O) groups is 2. The Hall–Kier alpha value is -3.17. The smallest absolute Gasteiger partial charge is 0.387 e. The maximum atomic E-state index is 13.6. The van der Waals surface area contributed by atoms with Gasteiger partial charge in [-0.25, -0.2) is 13.2 Å². The number of pyridine rings is 1. The summed E-state index contributed by atoms with van der Waals surface area (Å²) in [6.07, 6.45) is 1.34. The van der Waals surface area contributed by atoms with Crippen LogP contribution in [-0.2, 0) is 26.0 Å². The molecule has 1 aliphatic heterocycles. The van der Waals surface area contributed by atoms with Gasteiger partial charge in [0, 0.05) is 50.8 Å². The molecule has 0 spiro atoms. The van der Waals surface area contributed by atoms with E-state index < -0.39 is 51.5 Å². The number of aromatic hydroxyl groups is 1. The highest BCUT2D eigenvalue weighted by atomic mass is 35.5. The van der Waals surface area contributed by atoms with Crippen LogP contribution in [0.5, 0.6) is 11.5 Å². The number of nitrogens with zero attached hydrogens (tertiary/aromatic N) is 3. The number of hydrogen-bond acceptors (Lipinski definition) is 9. The second-order valence-electron chi connectivity index (χ2n) is 9.38. The zero-order chi connectivity index (χ0) is 31.5. The van der Waals surface area contributed by atoms with Crippen LogP contribution in [0.3, 0.4) is 0 Å². The molecular formula is C27H25Cl2F2N3O7S2. The van der Waals surface area contributed by atoms with Crippen LogP contribution in [-0.4, -0.2) is 78.0 Å². The molecule has 0 bridgehead atoms. The molecule has 2 aromatic carbocycles. The average Bonchev–Trinajstić information content (AvgIpc) is 3.46. The molecule has 1 saturated heterocycles. The number of thioether (sulfide) groups is 1. The van der Waals surface area contributed by atoms with Crippen LogP contribution >= 0.6 is 35.0 Å². The van der Waals surface area contributed by atoms with E-state index in [2.05, 4.69) is 9.72 Å². The monoisotopic (exact) mass is 675 g/mol. The van der Waals surface area contributed by atoms with Crippen LogP contribution < -0.4 is 4.74 Å². The Kier molecular flexibility index (Phi) is 10.4. The lowest BCUT2D eigenvalue weighted by Crippen LogP contribution is -2.40. The Morgan fingerprint density at radius 1 is 1.16 bits per heavy atom. The molecule has 1 aliphatic rings. The number of alkyl halides is 2. The largest absolute Gasteiger partial charge is 0.504 e. The van der Waals surface area contributed by atoms with Crippen molar-refractivity contribution in [2.24, 2.45) is 0 Å². The zero-order valence-electron chi connectivity index (χ0n) is 22.6. The highest BCUT2D eigenvalue weighted by molar-refractivity contribution is 8.02. The number of benzene rings is 2. The van der Waals surface area contributed by atoms with Gasteiger partial charge in [-0.05, 0) is 41.5 Å². The van der Waals surface area contributed by atoms with Crippen LogP contribution in [0.15, 0.2) is 59.8 Å². The van der Waals surface area contributed by atoms with E-state index in [4.69, 9.17) is 27.9 Å². The Bertz CT molecular complexity index is 1610. The molecule has 0 saturated carbocycles. The van der Waals surface area contributed by atoms with Crippen molar-refractivity contribution in [2.75, 3.05) is 26.4 Å². The van der Waals surface area contributed by atoms with Gasteiger partial charge in [0.15, 0.2) is 16.9 Å². The topological polar surface area (TPSA) is 126 Å². The first-order valence-electron chi connectivity index (χ1n) is 12.5. The summed E-state index contributed by atoms with van der Waals surface area (Å²) >= 11 is 13.6. The van der Waals surface area contributed by atoms with Crippen LogP contribution in [0.25, 0.3) is 0 Å². The molecular weight excluding hydrogens is 651 g/mol. The van der Waals surface area contributed by atoms with Crippen molar-refractivity contribution in [3.8, 4) is 11.5 Å². The molecule has 0 radical (unpaired) electrons. The van der Waals surface area contributed by atoms with E-state index in [1.165, 1.54) is 61.7 Å². The fourth-order valence-corrected chi connectivity index (χ4v) is 7.86. The van der Waals surface area contributed by atoms with Crippen molar-refractivity contribution in [2.45, 2.75) is 29.4 Å². The number of hydrogen-bond donors (Lipinski definition) is 1. The fourth-order valence-electron chi connectivity index (χ4n) is 4.24. The number of phenols is 1. The van der Waals surface area contributed by atoms with Crippen LogP contribution in [0, 0.1) is 0 Å². The number of halogens is 4. The first-order chi connectivity index (χ1) is 20.3. The number of aromatic nitrogens is 1. The van der Waals surface area contributed by atoms with Crippen LogP contribution in [0.4, 0.5) is 8.78 Å². The molecule has 1 amide bonds. The quantitative estimate of drug-likeness (QED) is 0.296. The zero-order valence-corrected chi connectivity index (χ0v) is 25.8. The summed E-state index contributed by atoms with van der Waals surface area (Å²) in [5.41, 5.74) is 0.667. The van der Waals surface area contributed by atoms with E-state index in [0.717, 1.165) is 28.2 Å². The Balaban J connectivity index is 1.65. The molecule has 2 unspecified atom stereocenters. The van der Waals surface area contributed by atoms with Crippen molar-refractivity contribution in [1.82, 2.24) is 14.2 Å². The molecule has 1 aromatic heterocycles. The van der Waals surface area contributed by atoms with E-state index in [0.29, 0.717) is 5.56 Å². The van der Waals surface area contributed by atoms with Gasteiger partial charge in [0.1, 0.15) is 6.10 Å². The number of phenolic OH excluding ortho intramolecular Hbond substituents is 1. The highest BCUT2D eigenvalue weighted by Gasteiger charge is 2.42. The normalized spacial score (nSPS) is 16.2. The second kappa shape index (κ2) is 13.6. The van der Waals surface area contributed by atoms with Crippen LogP contribution in [0.1, 0.15) is 27.6 Å². The van der Waals surface area contributed by atoms with Crippen molar-refractivity contribution >= 4 is 56.9 Å². The third-order valence-electron chi connectivity index (χ3n) is 6.32. The summed E-state index contributed by atoms with van der Waals surface area (Å²) in [6.45, 7) is -3.19. The van der Waals surface area contributed by atoms with Crippen molar-refractivity contribution in [1.29, 1.82) is 0 Å². The fraction of sp³-hybridized carbons (Fsp3) is 0.296. The molecule has 10 nitrogen and oxygen atoms in total. The summed E-state index contributed by atoms with van der Waals surface area (Å²) in [7, 11) is -1.18. The average molecular weight is 677 g/mol. The van der Waals surface area contributed by atoms with Gasteiger partial charge in [-0.3, -0.25) is 9.78 Å². The Morgan fingerprint density at radius 2 is 1.86 bits per heavy atom. The highest BCUT2D eigenvalue weighted by Crippen LogP contribution is 2.37. The molecule has 1 fully saturated rings.